The lowest BCUT2D eigenvalue weighted by molar-refractivity contribution is 0.523. The SMILES string of the molecule is CC=C[Si](C)(CC)N1CCCC1. The Hall–Kier alpha value is -0.0831. The third-order valence-corrected chi connectivity index (χ3v) is 7.45. The molecule has 0 aromatic heterocycles. The molecule has 0 radical (unpaired) electrons. The van der Waals surface area contributed by atoms with Crippen LogP contribution in [0.15, 0.2) is 11.8 Å². The molecule has 0 aliphatic carbocycles. The van der Waals surface area contributed by atoms with Crippen LogP contribution in [0.1, 0.15) is 26.7 Å². The number of hydrogen-bond acceptors (Lipinski definition) is 1. The molecule has 12 heavy (non-hydrogen) atoms. The van der Waals surface area contributed by atoms with Crippen molar-refractivity contribution in [2.75, 3.05) is 13.1 Å². The Kier molecular flexibility index (Phi) is 3.53. The van der Waals surface area contributed by atoms with Crippen LogP contribution in [0.25, 0.3) is 0 Å². The summed E-state index contributed by atoms with van der Waals surface area (Å²) >= 11 is 0. The van der Waals surface area contributed by atoms with Crippen molar-refractivity contribution in [3.05, 3.63) is 11.8 Å². The molecular formula is C10H21NSi. The minimum Gasteiger partial charge on any atom is -0.320 e. The molecule has 0 bridgehead atoms. The molecule has 0 spiro atoms. The highest BCUT2D eigenvalue weighted by Gasteiger charge is 2.31. The lowest BCUT2D eigenvalue weighted by Crippen LogP contribution is -2.47. The van der Waals surface area contributed by atoms with Crippen LogP contribution in [0, 0.1) is 0 Å². The molecule has 70 valence electrons. The van der Waals surface area contributed by atoms with Gasteiger partial charge in [-0.15, -0.1) is 0 Å². The van der Waals surface area contributed by atoms with Crippen LogP contribution in [0.2, 0.25) is 12.6 Å². The van der Waals surface area contributed by atoms with Crippen LogP contribution < -0.4 is 0 Å². The maximum absolute atomic E-state index is 2.74. The first-order chi connectivity index (χ1) is 5.73. The zero-order chi connectivity index (χ0) is 9.03. The molecule has 1 heterocycles. The smallest absolute Gasteiger partial charge is 0.149 e. The molecule has 1 nitrogen and oxygen atoms in total. The van der Waals surface area contributed by atoms with E-state index in [0.717, 1.165) is 0 Å². The standard InChI is InChI=1S/C10H21NSi/c1-4-10-12(3,5-2)11-8-6-7-9-11/h4,10H,5-9H2,1-3H3. The van der Waals surface area contributed by atoms with Gasteiger partial charge in [0, 0.05) is 0 Å². The second-order valence-corrected chi connectivity index (χ2v) is 8.29. The third kappa shape index (κ3) is 1.99. The molecular weight excluding hydrogens is 162 g/mol. The fourth-order valence-corrected chi connectivity index (χ4v) is 4.98. The van der Waals surface area contributed by atoms with Gasteiger partial charge in [-0.05, 0) is 38.9 Å². The van der Waals surface area contributed by atoms with Gasteiger partial charge >= 0.3 is 0 Å². The van der Waals surface area contributed by atoms with Gasteiger partial charge in [-0.1, -0.05) is 25.2 Å². The average molecular weight is 183 g/mol. The van der Waals surface area contributed by atoms with Crippen LogP contribution in [0.4, 0.5) is 0 Å². The number of hydrogen-bond donors (Lipinski definition) is 0. The molecule has 1 atom stereocenters. The largest absolute Gasteiger partial charge is 0.320 e. The molecule has 1 aliphatic heterocycles. The summed E-state index contributed by atoms with van der Waals surface area (Å²) in [5.74, 6) is 0. The van der Waals surface area contributed by atoms with Crippen molar-refractivity contribution in [1.29, 1.82) is 0 Å². The van der Waals surface area contributed by atoms with Crippen LogP contribution in [0.5, 0.6) is 0 Å². The van der Waals surface area contributed by atoms with Crippen LogP contribution >= 0.6 is 0 Å². The maximum Gasteiger partial charge on any atom is 0.149 e. The van der Waals surface area contributed by atoms with Crippen molar-refractivity contribution in [2.24, 2.45) is 0 Å². The van der Waals surface area contributed by atoms with Crippen LogP contribution in [0.3, 0.4) is 0 Å². The van der Waals surface area contributed by atoms with Crippen molar-refractivity contribution in [3.8, 4) is 0 Å². The van der Waals surface area contributed by atoms with Gasteiger partial charge in [0.05, 0.1) is 0 Å². The summed E-state index contributed by atoms with van der Waals surface area (Å²) in [7, 11) is -1.14. The molecule has 1 unspecified atom stereocenters. The van der Waals surface area contributed by atoms with Gasteiger partial charge in [0.2, 0.25) is 0 Å². The molecule has 1 fully saturated rings. The Morgan fingerprint density at radius 2 is 1.92 bits per heavy atom. The third-order valence-electron chi connectivity index (χ3n) is 3.07. The first-order valence-electron chi connectivity index (χ1n) is 5.12. The van der Waals surface area contributed by atoms with E-state index in [4.69, 9.17) is 0 Å². The fourth-order valence-electron chi connectivity index (χ4n) is 2.03. The van der Waals surface area contributed by atoms with Gasteiger partial charge in [-0.2, -0.15) is 0 Å². The van der Waals surface area contributed by atoms with E-state index >= 15 is 0 Å². The lowest BCUT2D eigenvalue weighted by atomic mass is 10.4. The molecule has 2 heteroatoms. The van der Waals surface area contributed by atoms with Crippen molar-refractivity contribution in [1.82, 2.24) is 4.57 Å². The van der Waals surface area contributed by atoms with Gasteiger partial charge in [0.15, 0.2) is 0 Å². The second kappa shape index (κ2) is 4.24. The quantitative estimate of drug-likeness (QED) is 0.608. The summed E-state index contributed by atoms with van der Waals surface area (Å²) in [6.07, 6.45) is 5.08. The zero-order valence-electron chi connectivity index (χ0n) is 8.64. The summed E-state index contributed by atoms with van der Waals surface area (Å²) in [6, 6.07) is 1.36. The Labute approximate surface area is 77.5 Å². The summed E-state index contributed by atoms with van der Waals surface area (Å²) < 4.78 is 2.74. The van der Waals surface area contributed by atoms with Crippen molar-refractivity contribution in [2.45, 2.75) is 39.3 Å². The zero-order valence-corrected chi connectivity index (χ0v) is 9.64. The highest BCUT2D eigenvalue weighted by atomic mass is 28.3. The maximum atomic E-state index is 2.74. The van der Waals surface area contributed by atoms with E-state index in [0.29, 0.717) is 0 Å². The molecule has 0 amide bonds. The van der Waals surface area contributed by atoms with E-state index < -0.39 is 8.24 Å². The minimum absolute atomic E-state index is 1.14. The van der Waals surface area contributed by atoms with E-state index in [1.54, 1.807) is 0 Å². The van der Waals surface area contributed by atoms with E-state index in [9.17, 15) is 0 Å². The monoisotopic (exact) mass is 183 g/mol. The predicted octanol–water partition coefficient (Wildman–Crippen LogP) is 2.79. The Bertz CT molecular complexity index is 161. The molecule has 1 saturated heterocycles. The average Bonchev–Trinajstić information content (AvgIpc) is 2.57. The Morgan fingerprint density at radius 3 is 2.33 bits per heavy atom. The number of rotatable bonds is 3. The summed E-state index contributed by atoms with van der Waals surface area (Å²) in [6.45, 7) is 9.67. The van der Waals surface area contributed by atoms with Gasteiger partial charge < -0.3 is 4.57 Å². The second-order valence-electron chi connectivity index (χ2n) is 3.90. The highest BCUT2D eigenvalue weighted by molar-refractivity contribution is 6.80. The van der Waals surface area contributed by atoms with Crippen LogP contribution in [-0.4, -0.2) is 25.9 Å². The van der Waals surface area contributed by atoms with E-state index in [2.05, 4.69) is 36.7 Å². The lowest BCUT2D eigenvalue weighted by Gasteiger charge is -2.33. The van der Waals surface area contributed by atoms with Crippen molar-refractivity contribution < 1.29 is 0 Å². The number of nitrogens with zero attached hydrogens (tertiary/aromatic N) is 1. The predicted molar refractivity (Wildman–Crippen MR) is 57.7 cm³/mol. The van der Waals surface area contributed by atoms with Crippen molar-refractivity contribution in [3.63, 3.8) is 0 Å². The topological polar surface area (TPSA) is 3.24 Å². The molecule has 0 aromatic rings. The normalized spacial score (nSPS) is 24.9. The van der Waals surface area contributed by atoms with Gasteiger partial charge in [0.25, 0.3) is 0 Å². The fraction of sp³-hybridized carbons (Fsp3) is 0.800. The van der Waals surface area contributed by atoms with Crippen molar-refractivity contribution >= 4 is 8.24 Å². The van der Waals surface area contributed by atoms with Crippen LogP contribution in [-0.2, 0) is 0 Å². The Morgan fingerprint density at radius 1 is 1.33 bits per heavy atom. The molecule has 0 saturated carbocycles. The highest BCUT2D eigenvalue weighted by Crippen LogP contribution is 2.22. The van der Waals surface area contributed by atoms with E-state index in [1.165, 1.54) is 32.0 Å². The number of allylic oxidation sites excluding steroid dienone is 1. The Balaban J connectivity index is 2.63. The molecule has 0 N–H and O–H groups in total. The van der Waals surface area contributed by atoms with Gasteiger partial charge in [0.1, 0.15) is 8.24 Å². The summed E-state index contributed by atoms with van der Waals surface area (Å²) in [5, 5.41) is 0. The first kappa shape index (κ1) is 10.0. The van der Waals surface area contributed by atoms with Gasteiger partial charge in [-0.25, -0.2) is 0 Å². The molecule has 0 aromatic carbocycles. The molecule has 1 aliphatic rings. The summed E-state index contributed by atoms with van der Waals surface area (Å²) in [5.41, 5.74) is 2.48. The summed E-state index contributed by atoms with van der Waals surface area (Å²) in [4.78, 5) is 0. The first-order valence-corrected chi connectivity index (χ1v) is 7.85. The van der Waals surface area contributed by atoms with Gasteiger partial charge in [-0.3, -0.25) is 0 Å². The van der Waals surface area contributed by atoms with E-state index in [-0.39, 0.29) is 0 Å². The molecule has 1 rings (SSSR count). The minimum atomic E-state index is -1.14. The van der Waals surface area contributed by atoms with E-state index in [1.807, 2.05) is 0 Å².